The number of likely N-dealkylation sites (tertiary alicyclic amines) is 1. The van der Waals surface area contributed by atoms with E-state index in [0.29, 0.717) is 48.8 Å². The number of pyridine rings is 1. The number of benzene rings is 1. The third kappa shape index (κ3) is 8.68. The molecule has 2 aliphatic rings. The Balaban J connectivity index is 1.28. The molecule has 2 saturated heterocycles. The highest BCUT2D eigenvalue weighted by Crippen LogP contribution is 2.41. The summed E-state index contributed by atoms with van der Waals surface area (Å²) in [4.78, 5) is 60.6. The normalized spacial score (nSPS) is 16.5. The molecule has 2 N–H and O–H groups in total. The monoisotopic (exact) mass is 661 g/mol. The molecular formula is C35H43N5O6S. The van der Waals surface area contributed by atoms with Gasteiger partial charge >= 0.3 is 12.2 Å². The highest BCUT2D eigenvalue weighted by Gasteiger charge is 2.43. The fourth-order valence-electron chi connectivity index (χ4n) is 5.76. The number of nitrogens with one attached hydrogen (secondary N) is 2. The molecule has 2 fully saturated rings. The number of rotatable bonds is 5. The number of carbonyl (C=O) groups excluding carboxylic acids is 4. The summed E-state index contributed by atoms with van der Waals surface area (Å²) < 4.78 is 11.0. The van der Waals surface area contributed by atoms with Gasteiger partial charge in [-0.1, -0.05) is 12.1 Å². The number of carbonyl (C=O) groups is 4. The van der Waals surface area contributed by atoms with Crippen LogP contribution in [0, 0.1) is 5.41 Å². The minimum atomic E-state index is -0.690. The first-order valence-corrected chi connectivity index (χ1v) is 16.7. The van der Waals surface area contributed by atoms with Gasteiger partial charge in [-0.05, 0) is 107 Å². The molecule has 11 nitrogen and oxygen atoms in total. The summed E-state index contributed by atoms with van der Waals surface area (Å²) >= 11 is 1.56. The first-order chi connectivity index (χ1) is 22.1. The molecule has 0 atom stereocenters. The average molecular weight is 662 g/mol. The van der Waals surface area contributed by atoms with Crippen LogP contribution >= 0.6 is 11.3 Å². The Bertz CT molecular complexity index is 1620. The third-order valence-corrected chi connectivity index (χ3v) is 9.05. The number of thiophene rings is 1. The van der Waals surface area contributed by atoms with Crippen molar-refractivity contribution in [2.24, 2.45) is 5.41 Å². The Morgan fingerprint density at radius 2 is 1.62 bits per heavy atom. The predicted octanol–water partition coefficient (Wildman–Crippen LogP) is 7.55. The van der Waals surface area contributed by atoms with Crippen LogP contribution in [0.1, 0.15) is 77.6 Å². The molecule has 0 radical (unpaired) electrons. The summed E-state index contributed by atoms with van der Waals surface area (Å²) in [5.74, 6) is 0.0425. The maximum Gasteiger partial charge on any atom is 0.412 e. The van der Waals surface area contributed by atoms with Crippen molar-refractivity contribution >= 4 is 52.5 Å². The van der Waals surface area contributed by atoms with Crippen LogP contribution in [0.3, 0.4) is 0 Å². The summed E-state index contributed by atoms with van der Waals surface area (Å²) in [5, 5.41) is 7.62. The van der Waals surface area contributed by atoms with Gasteiger partial charge < -0.3 is 19.7 Å². The number of ether oxygens (including phenoxy) is 2. The summed E-state index contributed by atoms with van der Waals surface area (Å²) in [6, 6.07) is 12.6. The smallest absolute Gasteiger partial charge is 0.412 e. The quantitative estimate of drug-likeness (QED) is 0.289. The summed E-state index contributed by atoms with van der Waals surface area (Å²) in [6.07, 6.45) is 3.19. The zero-order chi connectivity index (χ0) is 34.0. The van der Waals surface area contributed by atoms with Gasteiger partial charge in [0.05, 0.1) is 16.9 Å². The van der Waals surface area contributed by atoms with Gasteiger partial charge in [-0.3, -0.25) is 19.8 Å². The standard InChI is InChI=1S/C35H43N5O6S/c1-33(2,3)45-31(43)38-25-11-9-23(27-8-7-19-47-27)20-26(25)37-30(42)24-10-12-28(36-21-24)40-22-35(14-13-29(40)41)15-17-39(18-16-35)32(44)46-34(4,5)6/h7-12,19-21H,13-18,22H2,1-6H3,(H,37,42)(H,38,43). The maximum atomic E-state index is 13.4. The van der Waals surface area contributed by atoms with E-state index in [-0.39, 0.29) is 17.4 Å². The molecule has 1 aromatic carbocycles. The molecule has 4 amide bonds. The second-order valence-electron chi connectivity index (χ2n) is 14.2. The lowest BCUT2D eigenvalue weighted by molar-refractivity contribution is -0.122. The molecule has 0 unspecified atom stereocenters. The van der Waals surface area contributed by atoms with E-state index in [1.807, 2.05) is 44.4 Å². The van der Waals surface area contributed by atoms with Gasteiger partial charge in [0.1, 0.15) is 17.0 Å². The molecule has 4 heterocycles. The van der Waals surface area contributed by atoms with Gasteiger partial charge in [0, 0.05) is 37.1 Å². The first-order valence-electron chi connectivity index (χ1n) is 15.8. The molecule has 0 saturated carbocycles. The largest absolute Gasteiger partial charge is 0.444 e. The van der Waals surface area contributed by atoms with E-state index in [9.17, 15) is 19.2 Å². The van der Waals surface area contributed by atoms with Crippen molar-refractivity contribution in [3.63, 3.8) is 0 Å². The van der Waals surface area contributed by atoms with Crippen LogP contribution < -0.4 is 15.5 Å². The van der Waals surface area contributed by atoms with E-state index in [1.54, 1.807) is 66.2 Å². The summed E-state index contributed by atoms with van der Waals surface area (Å²) in [6.45, 7) is 12.5. The van der Waals surface area contributed by atoms with Gasteiger partial charge in [0.25, 0.3) is 5.91 Å². The topological polar surface area (TPSA) is 130 Å². The Hall–Kier alpha value is -4.45. The second kappa shape index (κ2) is 13.3. The minimum Gasteiger partial charge on any atom is -0.444 e. The van der Waals surface area contributed by atoms with Crippen molar-refractivity contribution in [1.29, 1.82) is 0 Å². The van der Waals surface area contributed by atoms with Crippen LogP contribution in [0.5, 0.6) is 0 Å². The first kappa shape index (κ1) is 33.9. The van der Waals surface area contributed by atoms with E-state index in [0.717, 1.165) is 29.7 Å². The van der Waals surface area contributed by atoms with Crippen LogP contribution in [0.15, 0.2) is 54.0 Å². The van der Waals surface area contributed by atoms with Gasteiger partial charge in [-0.15, -0.1) is 11.3 Å². The van der Waals surface area contributed by atoms with E-state index < -0.39 is 23.2 Å². The summed E-state index contributed by atoms with van der Waals surface area (Å²) in [5.41, 5.74) is 0.611. The zero-order valence-corrected chi connectivity index (χ0v) is 28.7. The van der Waals surface area contributed by atoms with E-state index in [4.69, 9.17) is 9.47 Å². The third-order valence-electron chi connectivity index (χ3n) is 8.14. The number of hydrogen-bond acceptors (Lipinski definition) is 8. The molecule has 2 aliphatic heterocycles. The van der Waals surface area contributed by atoms with Gasteiger partial charge in [-0.25, -0.2) is 14.6 Å². The molecule has 12 heteroatoms. The molecule has 2 aromatic heterocycles. The van der Waals surface area contributed by atoms with Crippen LogP contribution in [-0.2, 0) is 14.3 Å². The molecular weight excluding hydrogens is 618 g/mol. The number of hydrogen-bond donors (Lipinski definition) is 2. The molecule has 250 valence electrons. The molecule has 0 aliphatic carbocycles. The highest BCUT2D eigenvalue weighted by molar-refractivity contribution is 7.13. The molecule has 5 rings (SSSR count). The average Bonchev–Trinajstić information content (AvgIpc) is 3.53. The maximum absolute atomic E-state index is 13.4. The van der Waals surface area contributed by atoms with Gasteiger partial charge in [0.2, 0.25) is 5.91 Å². The second-order valence-corrected chi connectivity index (χ2v) is 15.1. The van der Waals surface area contributed by atoms with Crippen molar-refractivity contribution in [3.05, 3.63) is 59.6 Å². The fraction of sp³-hybridized carbons (Fsp3) is 0.457. The van der Waals surface area contributed by atoms with E-state index >= 15 is 0 Å². The van der Waals surface area contributed by atoms with Crippen molar-refractivity contribution < 1.29 is 28.7 Å². The minimum absolute atomic E-state index is 0.0156. The molecule has 1 spiro atoms. The molecule has 47 heavy (non-hydrogen) atoms. The van der Waals surface area contributed by atoms with E-state index in [2.05, 4.69) is 15.6 Å². The number of amides is 4. The SMILES string of the molecule is CC(C)(C)OC(=O)Nc1ccc(-c2cccs2)cc1NC(=O)c1ccc(N2CC3(CCC2=O)CCN(C(=O)OC(C)(C)C)CC3)nc1. The van der Waals surface area contributed by atoms with E-state index in [1.165, 1.54) is 6.20 Å². The van der Waals surface area contributed by atoms with Crippen molar-refractivity contribution in [1.82, 2.24) is 9.88 Å². The summed E-state index contributed by atoms with van der Waals surface area (Å²) in [7, 11) is 0. The van der Waals surface area contributed by atoms with Crippen LogP contribution in [-0.4, -0.2) is 64.7 Å². The predicted molar refractivity (Wildman–Crippen MR) is 183 cm³/mol. The number of anilines is 3. The number of aromatic nitrogens is 1. The Kier molecular flexibility index (Phi) is 9.63. The van der Waals surface area contributed by atoms with Crippen LogP contribution in [0.4, 0.5) is 26.8 Å². The Morgan fingerprint density at radius 1 is 0.894 bits per heavy atom. The fourth-order valence-corrected chi connectivity index (χ4v) is 6.48. The lowest BCUT2D eigenvalue weighted by Crippen LogP contribution is -2.53. The lowest BCUT2D eigenvalue weighted by Gasteiger charge is -2.47. The molecule has 3 aromatic rings. The highest BCUT2D eigenvalue weighted by atomic mass is 32.1. The number of piperidine rings is 2. The zero-order valence-electron chi connectivity index (χ0n) is 27.8. The lowest BCUT2D eigenvalue weighted by atomic mass is 9.72. The van der Waals surface area contributed by atoms with Crippen LogP contribution in [0.25, 0.3) is 10.4 Å². The van der Waals surface area contributed by atoms with Gasteiger partial charge in [-0.2, -0.15) is 0 Å². The Morgan fingerprint density at radius 3 is 2.23 bits per heavy atom. The molecule has 0 bridgehead atoms. The van der Waals surface area contributed by atoms with Crippen molar-refractivity contribution in [3.8, 4) is 10.4 Å². The van der Waals surface area contributed by atoms with Crippen molar-refractivity contribution in [2.75, 3.05) is 35.2 Å². The van der Waals surface area contributed by atoms with Crippen LogP contribution in [0.2, 0.25) is 0 Å². The van der Waals surface area contributed by atoms with Gasteiger partial charge in [0.15, 0.2) is 0 Å². The number of nitrogens with zero attached hydrogens (tertiary/aromatic N) is 3. The van der Waals surface area contributed by atoms with Crippen molar-refractivity contribution in [2.45, 2.75) is 78.4 Å². The Labute approximate surface area is 279 Å².